The van der Waals surface area contributed by atoms with E-state index in [1.807, 2.05) is 54.6 Å². The fraction of sp³-hybridized carbons (Fsp3) is 0.0909. The Morgan fingerprint density at radius 3 is 2.25 bits per heavy atom. The standard InChI is InChI=1S/C22H19BrN2O3/c23-17-10-11-19(24)18(13-17)21(26)25-20(22(27)28)12-14-6-8-16(9-7-14)15-4-2-1-3-5-15/h1-11,13,20H,12,24H2,(H,25,26)(H,27,28). The fourth-order valence-electron chi connectivity index (χ4n) is 2.86. The first-order chi connectivity index (χ1) is 13.4. The first-order valence-corrected chi connectivity index (χ1v) is 9.46. The van der Waals surface area contributed by atoms with Gasteiger partial charge in [-0.25, -0.2) is 4.79 Å². The van der Waals surface area contributed by atoms with Crippen molar-refractivity contribution < 1.29 is 14.7 Å². The van der Waals surface area contributed by atoms with Crippen LogP contribution in [0.3, 0.4) is 0 Å². The summed E-state index contributed by atoms with van der Waals surface area (Å²) < 4.78 is 0.690. The number of amides is 1. The number of halogens is 1. The van der Waals surface area contributed by atoms with Gasteiger partial charge in [-0.3, -0.25) is 4.79 Å². The molecule has 1 atom stereocenters. The Labute approximate surface area is 171 Å². The van der Waals surface area contributed by atoms with Crippen LogP contribution in [0.5, 0.6) is 0 Å². The van der Waals surface area contributed by atoms with Crippen LogP contribution in [0.15, 0.2) is 77.3 Å². The summed E-state index contributed by atoms with van der Waals surface area (Å²) >= 11 is 3.29. The second-order valence-electron chi connectivity index (χ2n) is 6.36. The first kappa shape index (κ1) is 19.6. The predicted molar refractivity (Wildman–Crippen MR) is 113 cm³/mol. The lowest BCUT2D eigenvalue weighted by Crippen LogP contribution is -2.42. The van der Waals surface area contributed by atoms with E-state index in [4.69, 9.17) is 5.73 Å². The summed E-state index contributed by atoms with van der Waals surface area (Å²) in [4.78, 5) is 24.1. The van der Waals surface area contributed by atoms with Crippen LogP contribution in [0.1, 0.15) is 15.9 Å². The molecule has 6 heteroatoms. The van der Waals surface area contributed by atoms with Gasteiger partial charge in [-0.15, -0.1) is 0 Å². The second kappa shape index (κ2) is 8.71. The third-order valence-corrected chi connectivity index (χ3v) is 4.86. The van der Waals surface area contributed by atoms with Crippen LogP contribution in [-0.2, 0) is 11.2 Å². The number of nitrogen functional groups attached to an aromatic ring is 1. The molecule has 0 radical (unpaired) electrons. The van der Waals surface area contributed by atoms with Crippen LogP contribution in [0.2, 0.25) is 0 Å². The number of benzene rings is 3. The van der Waals surface area contributed by atoms with Crippen LogP contribution in [0.25, 0.3) is 11.1 Å². The molecule has 1 unspecified atom stereocenters. The highest BCUT2D eigenvalue weighted by Crippen LogP contribution is 2.21. The quantitative estimate of drug-likeness (QED) is 0.504. The van der Waals surface area contributed by atoms with E-state index in [1.54, 1.807) is 18.2 Å². The lowest BCUT2D eigenvalue weighted by molar-refractivity contribution is -0.139. The zero-order valence-corrected chi connectivity index (χ0v) is 16.5. The van der Waals surface area contributed by atoms with Gasteiger partial charge in [-0.05, 0) is 34.9 Å². The molecular formula is C22H19BrN2O3. The molecule has 4 N–H and O–H groups in total. The second-order valence-corrected chi connectivity index (χ2v) is 7.28. The first-order valence-electron chi connectivity index (χ1n) is 8.67. The maximum Gasteiger partial charge on any atom is 0.326 e. The highest BCUT2D eigenvalue weighted by Gasteiger charge is 2.22. The largest absolute Gasteiger partial charge is 0.480 e. The normalized spacial score (nSPS) is 11.6. The molecule has 0 saturated heterocycles. The third-order valence-electron chi connectivity index (χ3n) is 4.36. The molecule has 0 heterocycles. The topological polar surface area (TPSA) is 92.4 Å². The molecule has 142 valence electrons. The van der Waals surface area contributed by atoms with Crippen LogP contribution in [-0.4, -0.2) is 23.0 Å². The maximum atomic E-state index is 12.5. The van der Waals surface area contributed by atoms with E-state index in [0.29, 0.717) is 4.47 Å². The zero-order valence-electron chi connectivity index (χ0n) is 14.9. The number of hydrogen-bond acceptors (Lipinski definition) is 3. The molecule has 28 heavy (non-hydrogen) atoms. The summed E-state index contributed by atoms with van der Waals surface area (Å²) in [6, 6.07) is 21.4. The SMILES string of the molecule is Nc1ccc(Br)cc1C(=O)NC(Cc1ccc(-c2ccccc2)cc1)C(=O)O. The minimum atomic E-state index is -1.10. The van der Waals surface area contributed by atoms with Crippen LogP contribution in [0.4, 0.5) is 5.69 Å². The molecule has 3 rings (SSSR count). The maximum absolute atomic E-state index is 12.5. The Morgan fingerprint density at radius 1 is 0.964 bits per heavy atom. The lowest BCUT2D eigenvalue weighted by Gasteiger charge is -2.16. The number of carbonyl (C=O) groups excluding carboxylic acids is 1. The van der Waals surface area contributed by atoms with Gasteiger partial charge in [0.05, 0.1) is 5.56 Å². The number of nitrogens with one attached hydrogen (secondary N) is 1. The summed E-state index contributed by atoms with van der Waals surface area (Å²) in [7, 11) is 0. The molecule has 5 nitrogen and oxygen atoms in total. The zero-order chi connectivity index (χ0) is 20.1. The van der Waals surface area contributed by atoms with Crippen LogP contribution >= 0.6 is 15.9 Å². The highest BCUT2D eigenvalue weighted by atomic mass is 79.9. The molecule has 0 spiro atoms. The van der Waals surface area contributed by atoms with Gasteiger partial charge in [-0.2, -0.15) is 0 Å². The molecule has 0 aromatic heterocycles. The summed E-state index contributed by atoms with van der Waals surface area (Å²) in [5, 5.41) is 12.1. The minimum absolute atomic E-state index is 0.171. The van der Waals surface area contributed by atoms with Crippen LogP contribution in [0, 0.1) is 0 Å². The van der Waals surface area contributed by atoms with Crippen molar-refractivity contribution >= 4 is 33.5 Å². The number of hydrogen-bond donors (Lipinski definition) is 3. The molecule has 0 aliphatic carbocycles. The molecule has 1 amide bonds. The van der Waals surface area contributed by atoms with Gasteiger partial charge in [0.25, 0.3) is 5.91 Å². The molecule has 0 aliphatic heterocycles. The Bertz CT molecular complexity index is 988. The van der Waals surface area contributed by atoms with E-state index in [-0.39, 0.29) is 17.7 Å². The Hall–Kier alpha value is -3.12. The van der Waals surface area contributed by atoms with Crippen molar-refractivity contribution in [2.75, 3.05) is 5.73 Å². The van der Waals surface area contributed by atoms with Gasteiger partial charge >= 0.3 is 5.97 Å². The number of carboxylic acid groups (broad SMARTS) is 1. The molecule has 0 saturated carbocycles. The van der Waals surface area contributed by atoms with Gasteiger partial charge in [0, 0.05) is 16.6 Å². The summed E-state index contributed by atoms with van der Waals surface area (Å²) in [5.41, 5.74) is 9.31. The summed E-state index contributed by atoms with van der Waals surface area (Å²) in [5.74, 6) is -1.62. The Balaban J connectivity index is 1.73. The average Bonchev–Trinajstić information content (AvgIpc) is 2.70. The van der Waals surface area contributed by atoms with E-state index < -0.39 is 17.9 Å². The minimum Gasteiger partial charge on any atom is -0.480 e. The highest BCUT2D eigenvalue weighted by molar-refractivity contribution is 9.10. The van der Waals surface area contributed by atoms with Crippen molar-refractivity contribution in [3.8, 4) is 11.1 Å². The number of carbonyl (C=O) groups is 2. The molecule has 3 aromatic rings. The molecule has 0 aliphatic rings. The number of aliphatic carboxylic acids is 1. The van der Waals surface area contributed by atoms with E-state index in [9.17, 15) is 14.7 Å². The van der Waals surface area contributed by atoms with Gasteiger partial charge in [0.15, 0.2) is 0 Å². The average molecular weight is 439 g/mol. The molecular weight excluding hydrogens is 420 g/mol. The Morgan fingerprint density at radius 2 is 1.61 bits per heavy atom. The van der Waals surface area contributed by atoms with Gasteiger partial charge in [-0.1, -0.05) is 70.5 Å². The fourth-order valence-corrected chi connectivity index (χ4v) is 3.22. The van der Waals surface area contributed by atoms with Crippen molar-refractivity contribution in [3.05, 3.63) is 88.4 Å². The number of rotatable bonds is 6. The lowest BCUT2D eigenvalue weighted by atomic mass is 10.0. The van der Waals surface area contributed by atoms with Gasteiger partial charge in [0.2, 0.25) is 0 Å². The van der Waals surface area contributed by atoms with Crippen molar-refractivity contribution in [1.29, 1.82) is 0 Å². The van der Waals surface area contributed by atoms with E-state index in [1.165, 1.54) is 0 Å². The molecule has 3 aromatic carbocycles. The number of nitrogens with two attached hydrogens (primary N) is 1. The molecule has 0 fully saturated rings. The van der Waals surface area contributed by atoms with Crippen LogP contribution < -0.4 is 11.1 Å². The van der Waals surface area contributed by atoms with Gasteiger partial charge < -0.3 is 16.2 Å². The monoisotopic (exact) mass is 438 g/mol. The smallest absolute Gasteiger partial charge is 0.326 e. The van der Waals surface area contributed by atoms with Crippen molar-refractivity contribution in [3.63, 3.8) is 0 Å². The van der Waals surface area contributed by atoms with Crippen molar-refractivity contribution in [1.82, 2.24) is 5.32 Å². The Kier molecular flexibility index (Phi) is 6.11. The van der Waals surface area contributed by atoms with Gasteiger partial charge in [0.1, 0.15) is 6.04 Å². The summed E-state index contributed by atoms with van der Waals surface area (Å²) in [6.45, 7) is 0. The van der Waals surface area contributed by atoms with E-state index >= 15 is 0 Å². The number of carboxylic acids is 1. The van der Waals surface area contributed by atoms with Crippen molar-refractivity contribution in [2.24, 2.45) is 0 Å². The summed E-state index contributed by atoms with van der Waals surface area (Å²) in [6.07, 6.45) is 0.171. The molecule has 0 bridgehead atoms. The van der Waals surface area contributed by atoms with E-state index in [0.717, 1.165) is 16.7 Å². The third kappa shape index (κ3) is 4.78. The number of anilines is 1. The van der Waals surface area contributed by atoms with Crippen molar-refractivity contribution in [2.45, 2.75) is 12.5 Å². The van der Waals surface area contributed by atoms with E-state index in [2.05, 4.69) is 21.2 Å². The predicted octanol–water partition coefficient (Wildman–Crippen LogP) is 4.12.